The van der Waals surface area contributed by atoms with Crippen LogP contribution in [0.4, 0.5) is 0 Å². The lowest BCUT2D eigenvalue weighted by molar-refractivity contribution is -0.132. The number of carbonyl (C=O) groups excluding carboxylic acids is 3. The van der Waals surface area contributed by atoms with Crippen molar-refractivity contribution in [1.29, 1.82) is 0 Å². The molecule has 0 heterocycles. The van der Waals surface area contributed by atoms with Crippen LogP contribution in [0, 0.1) is 0 Å². The van der Waals surface area contributed by atoms with E-state index in [1.54, 1.807) is 67.2 Å². The Morgan fingerprint density at radius 3 is 2.17 bits per heavy atom. The molecule has 2 aromatic carbocycles. The predicted molar refractivity (Wildman–Crippen MR) is 117 cm³/mol. The molecule has 7 heteroatoms. The largest absolute Gasteiger partial charge is 0.355 e. The van der Waals surface area contributed by atoms with Gasteiger partial charge in [-0.1, -0.05) is 30.3 Å². The fraction of sp³-hybridized carbons (Fsp3) is 0.318. The van der Waals surface area contributed by atoms with Crippen LogP contribution in [0.5, 0.6) is 0 Å². The average Bonchev–Trinajstić information content (AvgIpc) is 2.76. The first kappa shape index (κ1) is 22.5. The van der Waals surface area contributed by atoms with Crippen molar-refractivity contribution in [3.63, 3.8) is 0 Å². The Bertz CT molecular complexity index is 825. The third kappa shape index (κ3) is 6.64. The Hall–Kier alpha value is -2.80. The minimum absolute atomic E-state index is 0.140. The molecule has 2 rings (SSSR count). The van der Waals surface area contributed by atoms with Crippen LogP contribution in [0.3, 0.4) is 0 Å². The van der Waals surface area contributed by atoms with Gasteiger partial charge in [-0.15, -0.1) is 0 Å². The van der Waals surface area contributed by atoms with Crippen molar-refractivity contribution >= 4 is 29.5 Å². The van der Waals surface area contributed by atoms with Crippen molar-refractivity contribution < 1.29 is 14.4 Å². The van der Waals surface area contributed by atoms with Crippen LogP contribution in [0.15, 0.2) is 54.6 Å². The molecule has 0 aromatic heterocycles. The number of likely N-dealkylation sites (N-methyl/N-ethyl adjacent to an activating group) is 1. The van der Waals surface area contributed by atoms with E-state index in [9.17, 15) is 14.4 Å². The monoisotopic (exact) mass is 413 g/mol. The molecule has 0 unspecified atom stereocenters. The number of benzene rings is 2. The minimum Gasteiger partial charge on any atom is -0.355 e. The van der Waals surface area contributed by atoms with E-state index in [-0.39, 0.29) is 17.7 Å². The van der Waals surface area contributed by atoms with Crippen LogP contribution in [-0.4, -0.2) is 54.8 Å². The highest BCUT2D eigenvalue weighted by Gasteiger charge is 2.24. The molecule has 3 amide bonds. The first-order chi connectivity index (χ1) is 14.0. The number of nitrogens with one attached hydrogen (secondary N) is 2. The second kappa shape index (κ2) is 11.3. The minimum atomic E-state index is -0.592. The maximum Gasteiger partial charge on any atom is 0.251 e. The predicted octanol–water partition coefficient (Wildman–Crippen LogP) is 2.56. The van der Waals surface area contributed by atoms with Gasteiger partial charge in [0.15, 0.2) is 0 Å². The lowest BCUT2D eigenvalue weighted by atomic mass is 10.1. The first-order valence-electron chi connectivity index (χ1n) is 9.37. The van der Waals surface area contributed by atoms with E-state index in [4.69, 9.17) is 0 Å². The summed E-state index contributed by atoms with van der Waals surface area (Å²) >= 11 is 1.63. The van der Waals surface area contributed by atoms with Gasteiger partial charge < -0.3 is 15.5 Å². The SMILES string of the molecule is CNC(=O)c1ccc(CN(C)C(=O)[C@H](CCSC)NC(=O)c2ccccc2)cc1. The fourth-order valence-electron chi connectivity index (χ4n) is 2.85. The van der Waals surface area contributed by atoms with Gasteiger partial charge in [0.1, 0.15) is 6.04 Å². The molecule has 0 saturated heterocycles. The van der Waals surface area contributed by atoms with Gasteiger partial charge in [0.05, 0.1) is 0 Å². The summed E-state index contributed by atoms with van der Waals surface area (Å²) in [6.45, 7) is 0.393. The molecule has 0 saturated carbocycles. The molecule has 0 aliphatic heterocycles. The lowest BCUT2D eigenvalue weighted by Gasteiger charge is -2.25. The maximum absolute atomic E-state index is 13.0. The molecule has 6 nitrogen and oxygen atoms in total. The summed E-state index contributed by atoms with van der Waals surface area (Å²) in [6, 6.07) is 15.4. The number of hydrogen-bond donors (Lipinski definition) is 2. The first-order valence-corrected chi connectivity index (χ1v) is 10.8. The van der Waals surface area contributed by atoms with E-state index >= 15 is 0 Å². The Morgan fingerprint density at radius 1 is 0.966 bits per heavy atom. The summed E-state index contributed by atoms with van der Waals surface area (Å²) < 4.78 is 0. The molecule has 154 valence electrons. The summed E-state index contributed by atoms with van der Waals surface area (Å²) in [5.74, 6) is 0.217. The fourth-order valence-corrected chi connectivity index (χ4v) is 3.32. The van der Waals surface area contributed by atoms with Gasteiger partial charge in [-0.2, -0.15) is 11.8 Å². The molecule has 0 radical (unpaired) electrons. The van der Waals surface area contributed by atoms with Gasteiger partial charge in [-0.25, -0.2) is 0 Å². The molecule has 0 fully saturated rings. The summed E-state index contributed by atoms with van der Waals surface area (Å²) in [5.41, 5.74) is 2.01. The highest BCUT2D eigenvalue weighted by molar-refractivity contribution is 7.98. The number of nitrogens with zero attached hydrogens (tertiary/aromatic N) is 1. The van der Waals surface area contributed by atoms with Crippen molar-refractivity contribution in [2.75, 3.05) is 26.1 Å². The van der Waals surface area contributed by atoms with Gasteiger partial charge in [0, 0.05) is 31.8 Å². The number of thioether (sulfide) groups is 1. The molecule has 0 bridgehead atoms. The van der Waals surface area contributed by atoms with Crippen LogP contribution in [0.2, 0.25) is 0 Å². The molecular weight excluding hydrogens is 386 g/mol. The number of amides is 3. The van der Waals surface area contributed by atoms with E-state index in [0.717, 1.165) is 11.3 Å². The Kier molecular flexibility index (Phi) is 8.73. The summed E-state index contributed by atoms with van der Waals surface area (Å²) in [6.07, 6.45) is 2.52. The van der Waals surface area contributed by atoms with Crippen molar-refractivity contribution in [3.05, 3.63) is 71.3 Å². The Morgan fingerprint density at radius 2 is 1.59 bits per heavy atom. The van der Waals surface area contributed by atoms with Gasteiger partial charge in [-0.05, 0) is 48.3 Å². The second-order valence-corrected chi connectivity index (χ2v) is 7.63. The van der Waals surface area contributed by atoms with Crippen molar-refractivity contribution in [1.82, 2.24) is 15.5 Å². The van der Waals surface area contributed by atoms with E-state index in [0.29, 0.717) is 24.1 Å². The zero-order valence-corrected chi connectivity index (χ0v) is 17.8. The standard InChI is InChI=1S/C22H27N3O3S/c1-23-20(26)18-11-9-16(10-12-18)15-25(2)22(28)19(13-14-29-3)24-21(27)17-7-5-4-6-8-17/h4-12,19H,13-15H2,1-3H3,(H,23,26)(H,24,27)/t19-/m0/s1. The highest BCUT2D eigenvalue weighted by atomic mass is 32.2. The zero-order valence-electron chi connectivity index (χ0n) is 17.0. The maximum atomic E-state index is 13.0. The Labute approximate surface area is 176 Å². The summed E-state index contributed by atoms with van der Waals surface area (Å²) in [4.78, 5) is 38.7. The number of hydrogen-bond acceptors (Lipinski definition) is 4. The van der Waals surface area contributed by atoms with Gasteiger partial charge in [0.25, 0.3) is 11.8 Å². The number of carbonyl (C=O) groups is 3. The number of rotatable bonds is 9. The molecule has 0 spiro atoms. The molecule has 29 heavy (non-hydrogen) atoms. The highest BCUT2D eigenvalue weighted by Crippen LogP contribution is 2.11. The molecule has 2 aromatic rings. The molecule has 0 aliphatic carbocycles. The van der Waals surface area contributed by atoms with Crippen molar-refractivity contribution in [2.45, 2.75) is 19.0 Å². The van der Waals surface area contributed by atoms with Crippen molar-refractivity contribution in [3.8, 4) is 0 Å². The van der Waals surface area contributed by atoms with Crippen molar-refractivity contribution in [2.24, 2.45) is 0 Å². The normalized spacial score (nSPS) is 11.4. The quantitative estimate of drug-likeness (QED) is 0.662. The van der Waals surface area contributed by atoms with E-state index in [1.165, 1.54) is 0 Å². The molecule has 1 atom stereocenters. The lowest BCUT2D eigenvalue weighted by Crippen LogP contribution is -2.47. The van der Waals surface area contributed by atoms with Gasteiger partial charge in [-0.3, -0.25) is 14.4 Å². The van der Waals surface area contributed by atoms with E-state index < -0.39 is 6.04 Å². The van der Waals surface area contributed by atoms with Gasteiger partial charge in [0.2, 0.25) is 5.91 Å². The Balaban J connectivity index is 2.05. The smallest absolute Gasteiger partial charge is 0.251 e. The van der Waals surface area contributed by atoms with Crippen LogP contribution in [-0.2, 0) is 11.3 Å². The molecule has 2 N–H and O–H groups in total. The summed E-state index contributed by atoms with van der Waals surface area (Å²) in [5, 5.41) is 5.45. The van der Waals surface area contributed by atoms with E-state index in [1.807, 2.05) is 24.5 Å². The molecule has 0 aliphatic rings. The van der Waals surface area contributed by atoms with Crippen LogP contribution >= 0.6 is 11.8 Å². The third-order valence-corrected chi connectivity index (χ3v) is 5.13. The topological polar surface area (TPSA) is 78.5 Å². The summed E-state index contributed by atoms with van der Waals surface area (Å²) in [7, 11) is 3.30. The molecular formula is C22H27N3O3S. The van der Waals surface area contributed by atoms with Gasteiger partial charge >= 0.3 is 0 Å². The zero-order chi connectivity index (χ0) is 21.2. The second-order valence-electron chi connectivity index (χ2n) is 6.64. The average molecular weight is 414 g/mol. The van der Waals surface area contributed by atoms with Crippen LogP contribution < -0.4 is 10.6 Å². The van der Waals surface area contributed by atoms with Crippen LogP contribution in [0.1, 0.15) is 32.7 Å². The third-order valence-electron chi connectivity index (χ3n) is 4.49. The van der Waals surface area contributed by atoms with Crippen LogP contribution in [0.25, 0.3) is 0 Å². The van der Waals surface area contributed by atoms with E-state index in [2.05, 4.69) is 10.6 Å².